The average Bonchev–Trinajstić information content (AvgIpc) is 2.20. The van der Waals surface area contributed by atoms with Crippen LogP contribution >= 0.6 is 69.6 Å². The molecule has 0 fully saturated rings. The highest BCUT2D eigenvalue weighted by Crippen LogP contribution is 2.31. The smallest absolute Gasteiger partial charge is 0.317 e. The predicted molar refractivity (Wildman–Crippen MR) is 106 cm³/mol. The van der Waals surface area contributed by atoms with E-state index >= 15 is 0 Å². The van der Waals surface area contributed by atoms with E-state index in [0.717, 1.165) is 0 Å². The zero-order chi connectivity index (χ0) is 19.6. The first kappa shape index (κ1) is 24.9. The molecular formula is C13H24Cl6N4O. The van der Waals surface area contributed by atoms with Crippen LogP contribution in [-0.4, -0.2) is 37.0 Å². The second-order valence-electron chi connectivity index (χ2n) is 7.36. The summed E-state index contributed by atoms with van der Waals surface area (Å²) in [6, 6.07) is -0.670. The molecule has 2 amide bonds. The van der Waals surface area contributed by atoms with E-state index in [2.05, 4.69) is 21.3 Å². The van der Waals surface area contributed by atoms with Gasteiger partial charge >= 0.3 is 6.03 Å². The lowest BCUT2D eigenvalue weighted by atomic mass is 10.1. The first-order chi connectivity index (χ1) is 10.3. The minimum atomic E-state index is -1.78. The van der Waals surface area contributed by atoms with E-state index in [1.807, 2.05) is 41.5 Å². The molecule has 0 rings (SSSR count). The molecule has 0 spiro atoms. The summed E-state index contributed by atoms with van der Waals surface area (Å²) < 4.78 is -3.56. The second kappa shape index (κ2) is 8.75. The Morgan fingerprint density at radius 1 is 0.667 bits per heavy atom. The van der Waals surface area contributed by atoms with Gasteiger partial charge in [-0.15, -0.1) is 0 Å². The van der Waals surface area contributed by atoms with Crippen molar-refractivity contribution in [2.24, 2.45) is 0 Å². The van der Waals surface area contributed by atoms with Crippen LogP contribution in [0.1, 0.15) is 41.5 Å². The Balaban J connectivity index is 5.09. The summed E-state index contributed by atoms with van der Waals surface area (Å²) in [6.07, 6.45) is -1.93. The van der Waals surface area contributed by atoms with Gasteiger partial charge in [0.05, 0.1) is 0 Å². The highest BCUT2D eigenvalue weighted by molar-refractivity contribution is 6.68. The molecular weight excluding hydrogens is 441 g/mol. The van der Waals surface area contributed by atoms with Crippen LogP contribution in [0.5, 0.6) is 0 Å². The van der Waals surface area contributed by atoms with Gasteiger partial charge in [0, 0.05) is 11.1 Å². The highest BCUT2D eigenvalue weighted by atomic mass is 35.6. The van der Waals surface area contributed by atoms with Gasteiger partial charge in [0.15, 0.2) is 0 Å². The molecule has 0 saturated carbocycles. The maximum atomic E-state index is 12.3. The summed E-state index contributed by atoms with van der Waals surface area (Å²) in [5.74, 6) is 0. The Kier molecular flexibility index (Phi) is 9.08. The summed E-state index contributed by atoms with van der Waals surface area (Å²) in [7, 11) is 0. The molecule has 0 aromatic carbocycles. The Morgan fingerprint density at radius 2 is 0.917 bits per heavy atom. The molecule has 0 bridgehead atoms. The number of alkyl halides is 6. The maximum Gasteiger partial charge on any atom is 0.317 e. The van der Waals surface area contributed by atoms with Crippen LogP contribution in [0, 0.1) is 0 Å². The zero-order valence-electron chi connectivity index (χ0n) is 14.3. The summed E-state index contributed by atoms with van der Waals surface area (Å²) in [5, 5.41) is 11.1. The number of urea groups is 1. The van der Waals surface area contributed by atoms with Crippen molar-refractivity contribution >= 4 is 75.6 Å². The third-order valence-corrected chi connectivity index (χ3v) is 3.67. The van der Waals surface area contributed by atoms with Crippen molar-refractivity contribution in [2.75, 3.05) is 0 Å². The summed E-state index contributed by atoms with van der Waals surface area (Å²) in [4.78, 5) is 12.3. The van der Waals surface area contributed by atoms with Gasteiger partial charge in [-0.2, -0.15) is 0 Å². The van der Waals surface area contributed by atoms with Gasteiger partial charge in [0.1, 0.15) is 12.3 Å². The molecule has 11 heteroatoms. The molecule has 0 aliphatic carbocycles. The van der Waals surface area contributed by atoms with Crippen LogP contribution in [-0.2, 0) is 0 Å². The van der Waals surface area contributed by atoms with E-state index in [1.165, 1.54) is 0 Å². The largest absolute Gasteiger partial charge is 0.318 e. The van der Waals surface area contributed by atoms with Crippen LogP contribution in [0.2, 0.25) is 0 Å². The average molecular weight is 465 g/mol. The third kappa shape index (κ3) is 11.5. The van der Waals surface area contributed by atoms with Gasteiger partial charge in [0.25, 0.3) is 0 Å². The molecule has 0 aromatic heterocycles. The normalized spacial score (nSPS) is 16.5. The summed E-state index contributed by atoms with van der Waals surface area (Å²) in [5.41, 5.74) is -0.833. The van der Waals surface area contributed by atoms with Crippen molar-refractivity contribution in [2.45, 2.75) is 72.5 Å². The van der Waals surface area contributed by atoms with Crippen LogP contribution in [0.15, 0.2) is 0 Å². The minimum absolute atomic E-state index is 0.417. The Bertz CT molecular complexity index is 384. The van der Waals surface area contributed by atoms with E-state index in [-0.39, 0.29) is 0 Å². The molecule has 0 unspecified atom stereocenters. The van der Waals surface area contributed by atoms with Gasteiger partial charge < -0.3 is 10.6 Å². The van der Waals surface area contributed by atoms with Crippen LogP contribution in [0.3, 0.4) is 0 Å². The van der Waals surface area contributed by atoms with Crippen molar-refractivity contribution in [1.29, 1.82) is 0 Å². The van der Waals surface area contributed by atoms with Crippen molar-refractivity contribution in [3.8, 4) is 0 Å². The predicted octanol–water partition coefficient (Wildman–Crippen LogP) is 4.45. The van der Waals surface area contributed by atoms with Gasteiger partial charge in [-0.05, 0) is 41.5 Å². The number of hydrogen-bond donors (Lipinski definition) is 4. The molecule has 2 atom stereocenters. The van der Waals surface area contributed by atoms with E-state index in [4.69, 9.17) is 69.6 Å². The molecule has 144 valence electrons. The SMILES string of the molecule is CC(C)(C)N[C@@H](NC(=O)N[C@H](NC(C)(C)C)C(Cl)(Cl)Cl)C(Cl)(Cl)Cl. The van der Waals surface area contributed by atoms with Gasteiger partial charge in [-0.1, -0.05) is 69.6 Å². The van der Waals surface area contributed by atoms with Crippen molar-refractivity contribution in [1.82, 2.24) is 21.3 Å². The second-order valence-corrected chi connectivity index (χ2v) is 12.1. The molecule has 0 heterocycles. The monoisotopic (exact) mass is 462 g/mol. The number of rotatable bonds is 4. The fourth-order valence-corrected chi connectivity index (χ4v) is 2.22. The molecule has 0 aliphatic heterocycles. The first-order valence-corrected chi connectivity index (χ1v) is 9.34. The van der Waals surface area contributed by atoms with Crippen molar-refractivity contribution in [3.63, 3.8) is 0 Å². The number of carbonyl (C=O) groups excluding carboxylic acids is 1. The molecule has 0 radical (unpaired) electrons. The zero-order valence-corrected chi connectivity index (χ0v) is 18.9. The lowest BCUT2D eigenvalue weighted by Gasteiger charge is -2.36. The number of nitrogens with one attached hydrogen (secondary N) is 4. The standard InChI is InChI=1S/C13H24Cl6N4O/c1-10(2,3)22-7(12(14,15)16)20-9(24)21-8(13(17,18)19)23-11(4,5)6/h7-8,22-23H,1-6H3,(H2,20,21,24)/t7-,8-/m1/s1. The highest BCUT2D eigenvalue weighted by Gasteiger charge is 2.39. The first-order valence-electron chi connectivity index (χ1n) is 7.07. The lowest BCUT2D eigenvalue weighted by molar-refractivity contribution is 0.218. The van der Waals surface area contributed by atoms with E-state index in [1.54, 1.807) is 0 Å². The van der Waals surface area contributed by atoms with Crippen LogP contribution in [0.4, 0.5) is 4.79 Å². The molecule has 0 aromatic rings. The van der Waals surface area contributed by atoms with Crippen molar-refractivity contribution in [3.05, 3.63) is 0 Å². The lowest BCUT2D eigenvalue weighted by Crippen LogP contribution is -2.65. The number of amides is 2. The van der Waals surface area contributed by atoms with E-state index in [9.17, 15) is 4.79 Å². The molecule has 0 saturated heterocycles. The van der Waals surface area contributed by atoms with Crippen molar-refractivity contribution < 1.29 is 4.79 Å². The Labute approximate surface area is 173 Å². The molecule has 4 N–H and O–H groups in total. The fraction of sp³-hybridized carbons (Fsp3) is 0.923. The topological polar surface area (TPSA) is 65.2 Å². The Morgan fingerprint density at radius 3 is 1.08 bits per heavy atom. The van der Waals surface area contributed by atoms with Gasteiger partial charge in [0.2, 0.25) is 7.59 Å². The maximum absolute atomic E-state index is 12.3. The van der Waals surface area contributed by atoms with Crippen LogP contribution < -0.4 is 21.3 Å². The Hall–Kier alpha value is 0.930. The number of hydrogen-bond acceptors (Lipinski definition) is 3. The number of halogens is 6. The van der Waals surface area contributed by atoms with Gasteiger partial charge in [-0.3, -0.25) is 10.6 Å². The van der Waals surface area contributed by atoms with Crippen LogP contribution in [0.25, 0.3) is 0 Å². The molecule has 0 aliphatic rings. The summed E-state index contributed by atoms with van der Waals surface area (Å²) >= 11 is 35.5. The third-order valence-electron chi connectivity index (χ3n) is 2.36. The quantitative estimate of drug-likeness (QED) is 0.367. The van der Waals surface area contributed by atoms with E-state index < -0.39 is 37.0 Å². The fourth-order valence-electron chi connectivity index (χ4n) is 1.57. The minimum Gasteiger partial charge on any atom is -0.318 e. The van der Waals surface area contributed by atoms with E-state index in [0.29, 0.717) is 0 Å². The summed E-state index contributed by atoms with van der Waals surface area (Å²) in [6.45, 7) is 11.2. The molecule has 24 heavy (non-hydrogen) atoms. The number of carbonyl (C=O) groups is 1. The molecule has 5 nitrogen and oxygen atoms in total. The van der Waals surface area contributed by atoms with Gasteiger partial charge in [-0.25, -0.2) is 4.79 Å².